The largest absolute Gasteiger partial charge is 0.399 e. The number of aromatic nitrogens is 4. The van der Waals surface area contributed by atoms with E-state index in [0.29, 0.717) is 0 Å². The SMILES string of the molecule is CCOCCCn1nnnc1-c1ccc(N)cc1. The molecule has 2 rings (SSSR count). The molecule has 18 heavy (non-hydrogen) atoms. The first-order valence-electron chi connectivity index (χ1n) is 6.01. The number of benzene rings is 1. The number of nitrogen functional groups attached to an aromatic ring is 1. The topological polar surface area (TPSA) is 78.8 Å². The average Bonchev–Trinajstić information content (AvgIpc) is 2.84. The first-order valence-corrected chi connectivity index (χ1v) is 6.01. The molecule has 2 aromatic rings. The molecule has 0 aliphatic carbocycles. The zero-order chi connectivity index (χ0) is 12.8. The van der Waals surface area contributed by atoms with Crippen molar-refractivity contribution in [2.24, 2.45) is 0 Å². The third-order valence-electron chi connectivity index (χ3n) is 2.56. The van der Waals surface area contributed by atoms with Gasteiger partial charge in [0.2, 0.25) is 0 Å². The van der Waals surface area contributed by atoms with Gasteiger partial charge in [-0.25, -0.2) is 4.68 Å². The Bertz CT molecular complexity index is 479. The Morgan fingerprint density at radius 2 is 2.06 bits per heavy atom. The van der Waals surface area contributed by atoms with Crippen molar-refractivity contribution in [1.29, 1.82) is 0 Å². The van der Waals surface area contributed by atoms with E-state index in [-0.39, 0.29) is 0 Å². The number of hydrogen-bond donors (Lipinski definition) is 1. The lowest BCUT2D eigenvalue weighted by molar-refractivity contribution is 0.140. The number of ether oxygens (including phenoxy) is 1. The zero-order valence-electron chi connectivity index (χ0n) is 10.4. The molecular weight excluding hydrogens is 230 g/mol. The van der Waals surface area contributed by atoms with Gasteiger partial charge in [-0.3, -0.25) is 0 Å². The van der Waals surface area contributed by atoms with Gasteiger partial charge in [-0.15, -0.1) is 5.10 Å². The van der Waals surface area contributed by atoms with Gasteiger partial charge in [-0.05, 0) is 48.0 Å². The molecule has 2 N–H and O–H groups in total. The third kappa shape index (κ3) is 3.04. The van der Waals surface area contributed by atoms with Crippen LogP contribution in [0.4, 0.5) is 5.69 Å². The average molecular weight is 247 g/mol. The minimum absolute atomic E-state index is 0.720. The van der Waals surface area contributed by atoms with Crippen LogP contribution in [0.5, 0.6) is 0 Å². The van der Waals surface area contributed by atoms with Gasteiger partial charge in [0, 0.05) is 31.0 Å². The molecule has 0 atom stereocenters. The lowest BCUT2D eigenvalue weighted by atomic mass is 10.2. The van der Waals surface area contributed by atoms with Gasteiger partial charge in [0.1, 0.15) is 0 Å². The molecular formula is C12H17N5O. The van der Waals surface area contributed by atoms with E-state index in [0.717, 1.165) is 43.3 Å². The van der Waals surface area contributed by atoms with Crippen molar-refractivity contribution in [2.75, 3.05) is 18.9 Å². The Hall–Kier alpha value is -1.95. The molecule has 0 spiro atoms. The molecule has 0 bridgehead atoms. The number of tetrazole rings is 1. The molecule has 0 aliphatic rings. The van der Waals surface area contributed by atoms with Crippen LogP contribution in [-0.4, -0.2) is 33.4 Å². The highest BCUT2D eigenvalue weighted by Gasteiger charge is 2.08. The van der Waals surface area contributed by atoms with Gasteiger partial charge < -0.3 is 10.5 Å². The zero-order valence-corrected chi connectivity index (χ0v) is 10.4. The van der Waals surface area contributed by atoms with Crippen LogP contribution in [0.1, 0.15) is 13.3 Å². The molecule has 0 saturated heterocycles. The first kappa shape index (κ1) is 12.5. The molecule has 1 heterocycles. The van der Waals surface area contributed by atoms with Crippen LogP contribution < -0.4 is 5.73 Å². The van der Waals surface area contributed by atoms with E-state index >= 15 is 0 Å². The standard InChI is InChI=1S/C12H17N5O/c1-2-18-9-3-8-17-12(14-15-16-17)10-4-6-11(13)7-5-10/h4-7H,2-3,8-9,13H2,1H3. The van der Waals surface area contributed by atoms with Crippen LogP contribution >= 0.6 is 0 Å². The highest BCUT2D eigenvalue weighted by atomic mass is 16.5. The molecule has 0 fully saturated rings. The predicted octanol–water partition coefficient (Wildman–Crippen LogP) is 1.35. The summed E-state index contributed by atoms with van der Waals surface area (Å²) in [7, 11) is 0. The summed E-state index contributed by atoms with van der Waals surface area (Å²) < 4.78 is 7.08. The molecule has 96 valence electrons. The molecule has 0 radical (unpaired) electrons. The Balaban J connectivity index is 2.05. The number of aryl methyl sites for hydroxylation is 1. The van der Waals surface area contributed by atoms with Gasteiger partial charge in [-0.2, -0.15) is 0 Å². The quantitative estimate of drug-likeness (QED) is 0.615. The Morgan fingerprint density at radius 1 is 1.28 bits per heavy atom. The third-order valence-corrected chi connectivity index (χ3v) is 2.56. The van der Waals surface area contributed by atoms with Crippen molar-refractivity contribution < 1.29 is 4.74 Å². The fraction of sp³-hybridized carbons (Fsp3) is 0.417. The number of nitrogens with two attached hydrogens (primary N) is 1. The number of hydrogen-bond acceptors (Lipinski definition) is 5. The minimum atomic E-state index is 0.720. The number of rotatable bonds is 6. The van der Waals surface area contributed by atoms with E-state index < -0.39 is 0 Å². The summed E-state index contributed by atoms with van der Waals surface area (Å²) in [4.78, 5) is 0. The normalized spacial score (nSPS) is 10.7. The summed E-state index contributed by atoms with van der Waals surface area (Å²) in [6.45, 7) is 4.18. The molecule has 0 unspecified atom stereocenters. The van der Waals surface area contributed by atoms with Crippen LogP contribution in [0.25, 0.3) is 11.4 Å². The van der Waals surface area contributed by atoms with Gasteiger partial charge in [-0.1, -0.05) is 0 Å². The molecule has 1 aromatic heterocycles. The summed E-state index contributed by atoms with van der Waals surface area (Å²) in [6, 6.07) is 7.52. The number of nitrogens with zero attached hydrogens (tertiary/aromatic N) is 4. The van der Waals surface area contributed by atoms with E-state index in [1.807, 2.05) is 31.2 Å². The van der Waals surface area contributed by atoms with E-state index in [9.17, 15) is 0 Å². The van der Waals surface area contributed by atoms with Crippen molar-refractivity contribution in [3.8, 4) is 11.4 Å². The second-order valence-electron chi connectivity index (χ2n) is 3.90. The summed E-state index contributed by atoms with van der Waals surface area (Å²) in [5.74, 6) is 0.756. The molecule has 0 amide bonds. The molecule has 0 saturated carbocycles. The van der Waals surface area contributed by atoms with Crippen LogP contribution in [0.15, 0.2) is 24.3 Å². The fourth-order valence-electron chi connectivity index (χ4n) is 1.65. The van der Waals surface area contributed by atoms with Crippen molar-refractivity contribution in [2.45, 2.75) is 19.9 Å². The highest BCUT2D eigenvalue weighted by molar-refractivity contribution is 5.58. The van der Waals surface area contributed by atoms with Crippen molar-refractivity contribution in [3.05, 3.63) is 24.3 Å². The van der Waals surface area contributed by atoms with Crippen LogP contribution in [0, 0.1) is 0 Å². The monoisotopic (exact) mass is 247 g/mol. The maximum atomic E-state index is 5.66. The lowest BCUT2D eigenvalue weighted by Crippen LogP contribution is -2.06. The first-order chi connectivity index (χ1) is 8.81. The highest BCUT2D eigenvalue weighted by Crippen LogP contribution is 2.17. The summed E-state index contributed by atoms with van der Waals surface area (Å²) >= 11 is 0. The van der Waals surface area contributed by atoms with E-state index in [2.05, 4.69) is 15.5 Å². The van der Waals surface area contributed by atoms with Gasteiger partial charge in [0.15, 0.2) is 5.82 Å². The minimum Gasteiger partial charge on any atom is -0.399 e. The van der Waals surface area contributed by atoms with Gasteiger partial charge in [0.25, 0.3) is 0 Å². The lowest BCUT2D eigenvalue weighted by Gasteiger charge is -2.05. The van der Waals surface area contributed by atoms with Crippen molar-refractivity contribution >= 4 is 5.69 Å². The van der Waals surface area contributed by atoms with Crippen molar-refractivity contribution in [3.63, 3.8) is 0 Å². The molecule has 6 nitrogen and oxygen atoms in total. The van der Waals surface area contributed by atoms with Crippen LogP contribution in [-0.2, 0) is 11.3 Å². The predicted molar refractivity (Wildman–Crippen MR) is 68.8 cm³/mol. The van der Waals surface area contributed by atoms with E-state index in [4.69, 9.17) is 10.5 Å². The van der Waals surface area contributed by atoms with Crippen molar-refractivity contribution in [1.82, 2.24) is 20.2 Å². The summed E-state index contributed by atoms with van der Waals surface area (Å²) in [5, 5.41) is 11.7. The Kier molecular flexibility index (Phi) is 4.25. The smallest absolute Gasteiger partial charge is 0.182 e. The maximum Gasteiger partial charge on any atom is 0.182 e. The van der Waals surface area contributed by atoms with E-state index in [1.165, 1.54) is 0 Å². The molecule has 6 heteroatoms. The molecule has 1 aromatic carbocycles. The van der Waals surface area contributed by atoms with Gasteiger partial charge in [0.05, 0.1) is 0 Å². The van der Waals surface area contributed by atoms with Crippen LogP contribution in [0.2, 0.25) is 0 Å². The molecule has 0 aliphatic heterocycles. The van der Waals surface area contributed by atoms with Gasteiger partial charge >= 0.3 is 0 Å². The maximum absolute atomic E-state index is 5.66. The summed E-state index contributed by atoms with van der Waals surface area (Å²) in [5.41, 5.74) is 7.35. The van der Waals surface area contributed by atoms with Crippen LogP contribution in [0.3, 0.4) is 0 Å². The Labute approximate surface area is 106 Å². The van der Waals surface area contributed by atoms with E-state index in [1.54, 1.807) is 4.68 Å². The Morgan fingerprint density at radius 3 is 2.78 bits per heavy atom. The summed E-state index contributed by atoms with van der Waals surface area (Å²) in [6.07, 6.45) is 0.890. The second-order valence-corrected chi connectivity index (χ2v) is 3.90. The number of anilines is 1. The second kappa shape index (κ2) is 6.11. The fourth-order valence-corrected chi connectivity index (χ4v) is 1.65.